The quantitative estimate of drug-likeness (QED) is 0.143. The normalized spacial score (nSPS) is 19.7. The summed E-state index contributed by atoms with van der Waals surface area (Å²) in [5.74, 6) is 0.853. The Morgan fingerprint density at radius 2 is 1.27 bits per heavy atom. The molecule has 2 fully saturated rings. The molecule has 18 heteroatoms. The van der Waals surface area contributed by atoms with E-state index in [1.54, 1.807) is 24.7 Å². The number of nitrogens with zero attached hydrogens (tertiary/aromatic N) is 9. The summed E-state index contributed by atoms with van der Waals surface area (Å²) in [4.78, 5) is 33.7. The van der Waals surface area contributed by atoms with Crippen molar-refractivity contribution < 1.29 is 16.8 Å². The van der Waals surface area contributed by atoms with Crippen molar-refractivity contribution in [1.29, 1.82) is 10.5 Å². The molecule has 15 nitrogen and oxygen atoms in total. The standard InChI is InChI=1S/C20H22N6O2S.C19H22N4.C2H2ClNO2S/c1-14-9-15(13-26(12-14)29(27,28)8-5-21)10-18-16(3-2-6-22-18)19-11-24-20-17(25-19)4-7-23-20;1-13-4-2-5-14(10-13)11-17-15(6-3-8-20-17)18-12-22-19-16(23-18)7-9-21-19;3-7(5,6)2-1-4/h2-4,6-7,11,14-15H,8-10,12-13H2,1H3,(H,23,24);3,6-9,12-14H,2,4-5,10-11H2,1H3,(H,21,22);2H2/t14-,15+;13-,14-;/m01./s1. The third-order valence-corrected chi connectivity index (χ3v) is 12.8. The second-order valence-electron chi connectivity index (χ2n) is 15.3. The molecule has 1 saturated heterocycles. The van der Waals surface area contributed by atoms with Gasteiger partial charge in [-0.05, 0) is 85.8 Å². The van der Waals surface area contributed by atoms with Gasteiger partial charge in [0.15, 0.2) is 22.8 Å². The number of halogens is 1. The van der Waals surface area contributed by atoms with Gasteiger partial charge in [0.2, 0.25) is 19.1 Å². The summed E-state index contributed by atoms with van der Waals surface area (Å²) in [5.41, 5.74) is 9.01. The number of hydrogen-bond donors (Lipinski definition) is 2. The van der Waals surface area contributed by atoms with Gasteiger partial charge in [0.25, 0.3) is 0 Å². The molecule has 0 aromatic carbocycles. The van der Waals surface area contributed by atoms with Crippen molar-refractivity contribution in [3.63, 3.8) is 0 Å². The molecule has 7 heterocycles. The molecule has 0 amide bonds. The predicted octanol–water partition coefficient (Wildman–Crippen LogP) is 6.84. The second kappa shape index (κ2) is 19.6. The number of nitriles is 2. The maximum absolute atomic E-state index is 12.4. The Kier molecular flexibility index (Phi) is 14.4. The summed E-state index contributed by atoms with van der Waals surface area (Å²) in [5, 5.41) is 16.5. The van der Waals surface area contributed by atoms with Crippen LogP contribution in [0.25, 0.3) is 44.8 Å². The van der Waals surface area contributed by atoms with Gasteiger partial charge in [-0.25, -0.2) is 41.1 Å². The van der Waals surface area contributed by atoms with E-state index in [1.807, 2.05) is 55.8 Å². The lowest BCUT2D eigenvalue weighted by Crippen LogP contribution is -2.44. The minimum atomic E-state index is -3.56. The Morgan fingerprint density at radius 1 is 0.729 bits per heavy atom. The topological polar surface area (TPSA) is 228 Å². The van der Waals surface area contributed by atoms with Gasteiger partial charge in [0, 0.05) is 59.7 Å². The van der Waals surface area contributed by atoms with Gasteiger partial charge < -0.3 is 9.97 Å². The first kappa shape index (κ1) is 43.3. The lowest BCUT2D eigenvalue weighted by Gasteiger charge is -2.35. The number of sulfonamides is 1. The number of fused-ring (bicyclic) bond motifs is 2. The SMILES string of the molecule is C[C@@H]1CCC[C@@H](Cc2ncccc2-c2cnc3[nH]ccc3n2)C1.C[C@H]1C[C@H](Cc2ncccc2-c2cnc3[nH]ccc3n2)CN(S(=O)(=O)CC#N)C1.N#CCS(=O)(=O)Cl. The molecule has 308 valence electrons. The highest BCUT2D eigenvalue weighted by Crippen LogP contribution is 2.33. The summed E-state index contributed by atoms with van der Waals surface area (Å²) < 4.78 is 45.8. The zero-order valence-electron chi connectivity index (χ0n) is 32.9. The zero-order valence-corrected chi connectivity index (χ0v) is 35.3. The van der Waals surface area contributed by atoms with E-state index in [-0.39, 0.29) is 11.8 Å². The molecular formula is C41H46ClN11O4S2. The van der Waals surface area contributed by atoms with Crippen LogP contribution < -0.4 is 0 Å². The predicted molar refractivity (Wildman–Crippen MR) is 226 cm³/mol. The van der Waals surface area contributed by atoms with Crippen LogP contribution in [0.2, 0.25) is 0 Å². The number of pyridine rings is 2. The number of hydrogen-bond acceptors (Lipinski definition) is 12. The van der Waals surface area contributed by atoms with E-state index >= 15 is 0 Å². The van der Waals surface area contributed by atoms with Crippen molar-refractivity contribution in [2.75, 3.05) is 24.6 Å². The van der Waals surface area contributed by atoms with Crippen LogP contribution in [0.4, 0.5) is 0 Å². The zero-order chi connectivity index (χ0) is 42.0. The van der Waals surface area contributed by atoms with Gasteiger partial charge in [-0.2, -0.15) is 10.5 Å². The summed E-state index contributed by atoms with van der Waals surface area (Å²) in [6, 6.07) is 15.0. The number of aromatic amines is 2. The Balaban J connectivity index is 0.000000174. The molecule has 6 aromatic rings. The van der Waals surface area contributed by atoms with E-state index in [4.69, 9.17) is 15.5 Å². The second-order valence-corrected chi connectivity index (χ2v) is 20.0. The van der Waals surface area contributed by atoms with Crippen LogP contribution in [0.3, 0.4) is 0 Å². The lowest BCUT2D eigenvalue weighted by atomic mass is 9.80. The number of piperidine rings is 1. The molecule has 0 radical (unpaired) electrons. The third kappa shape index (κ3) is 11.9. The van der Waals surface area contributed by atoms with Crippen LogP contribution in [0, 0.1) is 46.3 Å². The van der Waals surface area contributed by atoms with Gasteiger partial charge >= 0.3 is 0 Å². The van der Waals surface area contributed by atoms with E-state index in [0.29, 0.717) is 19.5 Å². The van der Waals surface area contributed by atoms with E-state index < -0.39 is 30.6 Å². The summed E-state index contributed by atoms with van der Waals surface area (Å²) in [6.07, 6.45) is 18.9. The van der Waals surface area contributed by atoms with Crippen molar-refractivity contribution in [2.45, 2.75) is 58.8 Å². The molecule has 1 aliphatic heterocycles. The summed E-state index contributed by atoms with van der Waals surface area (Å²) in [6.45, 7) is 5.29. The minimum Gasteiger partial charge on any atom is -0.345 e. The highest BCUT2D eigenvalue weighted by atomic mass is 35.7. The maximum atomic E-state index is 12.4. The van der Waals surface area contributed by atoms with Crippen LogP contribution in [0.15, 0.2) is 73.6 Å². The van der Waals surface area contributed by atoms with Gasteiger partial charge in [-0.3, -0.25) is 9.97 Å². The van der Waals surface area contributed by atoms with Gasteiger partial charge in [-0.1, -0.05) is 33.1 Å². The average molecular weight is 856 g/mol. The van der Waals surface area contributed by atoms with Gasteiger partial charge in [0.05, 0.1) is 47.3 Å². The molecule has 0 unspecified atom stereocenters. The molecule has 1 saturated carbocycles. The van der Waals surface area contributed by atoms with E-state index in [1.165, 1.54) is 36.1 Å². The average Bonchev–Trinajstić information content (AvgIpc) is 3.88. The molecule has 59 heavy (non-hydrogen) atoms. The van der Waals surface area contributed by atoms with E-state index in [0.717, 1.165) is 80.9 Å². The van der Waals surface area contributed by atoms with Crippen LogP contribution in [-0.2, 0) is 31.9 Å². The number of aromatic nitrogens is 8. The van der Waals surface area contributed by atoms with Crippen LogP contribution in [-0.4, -0.2) is 85.6 Å². The first-order valence-corrected chi connectivity index (χ1v) is 23.5. The Hall–Kier alpha value is -5.33. The number of nitrogens with one attached hydrogen (secondary N) is 2. The van der Waals surface area contributed by atoms with E-state index in [9.17, 15) is 16.8 Å². The Bertz CT molecular complexity index is 2670. The smallest absolute Gasteiger partial charge is 0.245 e. The molecule has 6 aromatic heterocycles. The van der Waals surface area contributed by atoms with Crippen molar-refractivity contribution in [3.8, 4) is 34.7 Å². The molecule has 0 bridgehead atoms. The Labute approximate surface area is 348 Å². The fourth-order valence-electron chi connectivity index (χ4n) is 7.93. The molecular weight excluding hydrogens is 810 g/mol. The molecule has 2 aliphatic rings. The lowest BCUT2D eigenvalue weighted by molar-refractivity contribution is 0.209. The molecule has 2 N–H and O–H groups in total. The molecule has 0 spiro atoms. The molecule has 4 atom stereocenters. The summed E-state index contributed by atoms with van der Waals surface area (Å²) in [7, 11) is -2.53. The number of rotatable bonds is 9. The van der Waals surface area contributed by atoms with Crippen LogP contribution in [0.5, 0.6) is 0 Å². The molecule has 8 rings (SSSR count). The van der Waals surface area contributed by atoms with Crippen molar-refractivity contribution in [3.05, 3.63) is 85.0 Å². The summed E-state index contributed by atoms with van der Waals surface area (Å²) >= 11 is 0. The highest BCUT2D eigenvalue weighted by molar-refractivity contribution is 8.13. The first-order valence-electron chi connectivity index (χ1n) is 19.4. The van der Waals surface area contributed by atoms with Crippen molar-refractivity contribution in [2.24, 2.45) is 23.7 Å². The van der Waals surface area contributed by atoms with E-state index in [2.05, 4.69) is 58.6 Å². The first-order chi connectivity index (χ1) is 28.3. The van der Waals surface area contributed by atoms with Crippen LogP contribution in [0.1, 0.15) is 57.3 Å². The largest absolute Gasteiger partial charge is 0.345 e. The minimum absolute atomic E-state index is 0.129. The van der Waals surface area contributed by atoms with Gasteiger partial charge in [0.1, 0.15) is 11.0 Å². The Morgan fingerprint density at radius 3 is 1.78 bits per heavy atom. The number of H-pyrrole nitrogens is 2. The maximum Gasteiger partial charge on any atom is 0.245 e. The monoisotopic (exact) mass is 855 g/mol. The third-order valence-electron chi connectivity index (χ3n) is 10.5. The van der Waals surface area contributed by atoms with Crippen molar-refractivity contribution >= 4 is 52.1 Å². The highest BCUT2D eigenvalue weighted by Gasteiger charge is 2.33. The van der Waals surface area contributed by atoms with Gasteiger partial charge in [-0.15, -0.1) is 0 Å². The van der Waals surface area contributed by atoms with Crippen molar-refractivity contribution in [1.82, 2.24) is 44.2 Å². The molecule has 1 aliphatic carbocycles. The van der Waals surface area contributed by atoms with Crippen LogP contribution >= 0.6 is 10.7 Å². The fraction of sp³-hybridized carbons (Fsp3) is 0.415. The fourth-order valence-corrected chi connectivity index (χ4v) is 9.50.